The Morgan fingerprint density at radius 2 is 1.89 bits per heavy atom. The molecule has 0 aliphatic rings. The summed E-state index contributed by atoms with van der Waals surface area (Å²) in [5, 5.41) is 4.56. The van der Waals surface area contributed by atoms with E-state index in [0.29, 0.717) is 28.0 Å². The summed E-state index contributed by atoms with van der Waals surface area (Å²) < 4.78 is 5.79. The molecule has 4 rings (SSSR count). The smallest absolute Gasteiger partial charge is 0.146 e. The van der Waals surface area contributed by atoms with Crippen molar-refractivity contribution in [3.05, 3.63) is 71.8 Å². The molecule has 0 fully saturated rings. The van der Waals surface area contributed by atoms with Crippen LogP contribution < -0.4 is 15.8 Å². The standard InChI is InChI=1S/C20H16ClN5O/c1-12-2-5-15(10-23-12)27-19-7-4-14(9-17(19)21)26-20-16-8-13(22)3-6-18(16)24-11-25-20/h2-11H,22H2,1H3,(H,24,25,26). The second-order valence-corrected chi connectivity index (χ2v) is 6.41. The van der Waals surface area contributed by atoms with Gasteiger partial charge in [0, 0.05) is 22.5 Å². The summed E-state index contributed by atoms with van der Waals surface area (Å²) in [7, 11) is 0. The minimum absolute atomic E-state index is 0.471. The molecular weight excluding hydrogens is 362 g/mol. The molecule has 0 radical (unpaired) electrons. The summed E-state index contributed by atoms with van der Waals surface area (Å²) in [6.07, 6.45) is 3.17. The van der Waals surface area contributed by atoms with Crippen LogP contribution in [0.3, 0.4) is 0 Å². The quantitative estimate of drug-likeness (QED) is 0.481. The van der Waals surface area contributed by atoms with Crippen molar-refractivity contribution < 1.29 is 4.74 Å². The lowest BCUT2D eigenvalue weighted by Crippen LogP contribution is -1.97. The number of hydrogen-bond acceptors (Lipinski definition) is 6. The van der Waals surface area contributed by atoms with E-state index in [1.54, 1.807) is 18.3 Å². The van der Waals surface area contributed by atoms with Gasteiger partial charge in [-0.3, -0.25) is 4.98 Å². The van der Waals surface area contributed by atoms with Crippen LogP contribution in [0, 0.1) is 6.92 Å². The van der Waals surface area contributed by atoms with Crippen LogP contribution in [0.5, 0.6) is 11.5 Å². The molecule has 2 aromatic heterocycles. The zero-order valence-corrected chi connectivity index (χ0v) is 15.2. The van der Waals surface area contributed by atoms with Gasteiger partial charge in [-0.25, -0.2) is 9.97 Å². The van der Waals surface area contributed by atoms with E-state index in [-0.39, 0.29) is 0 Å². The molecule has 7 heteroatoms. The Labute approximate surface area is 161 Å². The lowest BCUT2D eigenvalue weighted by atomic mass is 10.2. The summed E-state index contributed by atoms with van der Waals surface area (Å²) in [5.74, 6) is 1.82. The first-order valence-corrected chi connectivity index (χ1v) is 8.63. The van der Waals surface area contributed by atoms with Gasteiger partial charge in [-0.1, -0.05) is 11.6 Å². The summed E-state index contributed by atoms with van der Waals surface area (Å²) in [6.45, 7) is 1.92. The van der Waals surface area contributed by atoms with E-state index in [1.165, 1.54) is 6.33 Å². The molecule has 0 saturated heterocycles. The van der Waals surface area contributed by atoms with Gasteiger partial charge in [-0.05, 0) is 55.5 Å². The van der Waals surface area contributed by atoms with Gasteiger partial charge in [0.15, 0.2) is 0 Å². The first kappa shape index (κ1) is 17.1. The monoisotopic (exact) mass is 377 g/mol. The van der Waals surface area contributed by atoms with Crippen LogP contribution in [0.25, 0.3) is 10.9 Å². The number of nitrogens with two attached hydrogens (primary N) is 1. The summed E-state index contributed by atoms with van der Waals surface area (Å²) in [5.41, 5.74) is 9.04. The van der Waals surface area contributed by atoms with Crippen molar-refractivity contribution in [2.24, 2.45) is 0 Å². The third-order valence-electron chi connectivity index (χ3n) is 3.97. The van der Waals surface area contributed by atoms with Crippen molar-refractivity contribution in [2.45, 2.75) is 6.92 Å². The number of hydrogen-bond donors (Lipinski definition) is 2. The molecule has 2 heterocycles. The molecule has 0 saturated carbocycles. The topological polar surface area (TPSA) is 86.0 Å². The molecule has 0 unspecified atom stereocenters. The highest BCUT2D eigenvalue weighted by Gasteiger charge is 2.08. The first-order chi connectivity index (χ1) is 13.1. The molecule has 134 valence electrons. The highest BCUT2D eigenvalue weighted by Crippen LogP contribution is 2.33. The van der Waals surface area contributed by atoms with E-state index in [0.717, 1.165) is 22.3 Å². The molecule has 0 amide bonds. The maximum absolute atomic E-state index is 6.38. The Kier molecular flexibility index (Phi) is 4.48. The van der Waals surface area contributed by atoms with Crippen LogP contribution in [0.2, 0.25) is 5.02 Å². The van der Waals surface area contributed by atoms with Crippen molar-refractivity contribution in [1.82, 2.24) is 15.0 Å². The average Bonchev–Trinajstić information content (AvgIpc) is 2.66. The lowest BCUT2D eigenvalue weighted by Gasteiger charge is -2.11. The van der Waals surface area contributed by atoms with Gasteiger partial charge >= 0.3 is 0 Å². The molecule has 0 aliphatic heterocycles. The number of pyridine rings is 1. The van der Waals surface area contributed by atoms with Crippen LogP contribution >= 0.6 is 11.6 Å². The van der Waals surface area contributed by atoms with E-state index in [9.17, 15) is 0 Å². The fourth-order valence-electron chi connectivity index (χ4n) is 2.61. The largest absolute Gasteiger partial charge is 0.454 e. The molecule has 6 nitrogen and oxygen atoms in total. The van der Waals surface area contributed by atoms with Crippen molar-refractivity contribution >= 4 is 39.7 Å². The Morgan fingerprint density at radius 1 is 1.00 bits per heavy atom. The molecule has 3 N–H and O–H groups in total. The average molecular weight is 378 g/mol. The maximum atomic E-state index is 6.38. The van der Waals surface area contributed by atoms with Crippen LogP contribution in [-0.4, -0.2) is 15.0 Å². The molecule has 0 spiro atoms. The van der Waals surface area contributed by atoms with Crippen molar-refractivity contribution in [3.8, 4) is 11.5 Å². The van der Waals surface area contributed by atoms with E-state index in [1.807, 2.05) is 43.3 Å². The van der Waals surface area contributed by atoms with Crippen molar-refractivity contribution in [1.29, 1.82) is 0 Å². The van der Waals surface area contributed by atoms with E-state index in [2.05, 4.69) is 20.3 Å². The van der Waals surface area contributed by atoms with Gasteiger partial charge in [0.25, 0.3) is 0 Å². The number of nitrogens with zero attached hydrogens (tertiary/aromatic N) is 3. The number of nitrogens with one attached hydrogen (secondary N) is 1. The van der Waals surface area contributed by atoms with Gasteiger partial charge in [-0.15, -0.1) is 0 Å². The second kappa shape index (κ2) is 7.09. The van der Waals surface area contributed by atoms with Crippen molar-refractivity contribution in [3.63, 3.8) is 0 Å². The number of aryl methyl sites for hydroxylation is 1. The number of aromatic nitrogens is 3. The van der Waals surface area contributed by atoms with Gasteiger partial charge < -0.3 is 15.8 Å². The van der Waals surface area contributed by atoms with Crippen LogP contribution in [-0.2, 0) is 0 Å². The summed E-state index contributed by atoms with van der Waals surface area (Å²) in [6, 6.07) is 14.7. The molecule has 2 aromatic carbocycles. The molecule has 0 bridgehead atoms. The van der Waals surface area contributed by atoms with Gasteiger partial charge in [0.1, 0.15) is 23.6 Å². The molecular formula is C20H16ClN5O. The maximum Gasteiger partial charge on any atom is 0.146 e. The zero-order valence-electron chi connectivity index (χ0n) is 14.5. The zero-order chi connectivity index (χ0) is 18.8. The Balaban J connectivity index is 1.60. The predicted octanol–water partition coefficient (Wildman–Crippen LogP) is 5.10. The van der Waals surface area contributed by atoms with Gasteiger partial charge in [0.2, 0.25) is 0 Å². The number of nitrogen functional groups attached to an aromatic ring is 1. The summed E-state index contributed by atoms with van der Waals surface area (Å²) >= 11 is 6.38. The minimum atomic E-state index is 0.471. The number of fused-ring (bicyclic) bond motifs is 1. The highest BCUT2D eigenvalue weighted by atomic mass is 35.5. The van der Waals surface area contributed by atoms with E-state index < -0.39 is 0 Å². The SMILES string of the molecule is Cc1ccc(Oc2ccc(Nc3ncnc4ccc(N)cc34)cc2Cl)cn1. The lowest BCUT2D eigenvalue weighted by molar-refractivity contribution is 0.480. The van der Waals surface area contributed by atoms with Crippen molar-refractivity contribution in [2.75, 3.05) is 11.1 Å². The molecule has 0 aliphatic carbocycles. The Bertz CT molecular complexity index is 1120. The third kappa shape index (κ3) is 3.75. The predicted molar refractivity (Wildman–Crippen MR) is 108 cm³/mol. The third-order valence-corrected chi connectivity index (χ3v) is 4.26. The summed E-state index contributed by atoms with van der Waals surface area (Å²) in [4.78, 5) is 12.8. The number of benzene rings is 2. The second-order valence-electron chi connectivity index (χ2n) is 6.01. The van der Waals surface area contributed by atoms with Crippen LogP contribution in [0.15, 0.2) is 61.1 Å². The van der Waals surface area contributed by atoms with E-state index in [4.69, 9.17) is 22.1 Å². The van der Waals surface area contributed by atoms with Gasteiger partial charge in [-0.2, -0.15) is 0 Å². The number of anilines is 3. The Hall–Kier alpha value is -3.38. The number of halogens is 1. The normalized spacial score (nSPS) is 10.7. The number of ether oxygens (including phenoxy) is 1. The van der Waals surface area contributed by atoms with Crippen LogP contribution in [0.4, 0.5) is 17.2 Å². The molecule has 4 aromatic rings. The van der Waals surface area contributed by atoms with E-state index >= 15 is 0 Å². The number of rotatable bonds is 4. The Morgan fingerprint density at radius 3 is 2.67 bits per heavy atom. The van der Waals surface area contributed by atoms with Gasteiger partial charge in [0.05, 0.1) is 16.7 Å². The van der Waals surface area contributed by atoms with Crippen LogP contribution in [0.1, 0.15) is 5.69 Å². The fraction of sp³-hybridized carbons (Fsp3) is 0.0500. The minimum Gasteiger partial charge on any atom is -0.454 e. The first-order valence-electron chi connectivity index (χ1n) is 8.26. The molecule has 0 atom stereocenters. The highest BCUT2D eigenvalue weighted by molar-refractivity contribution is 6.32. The fourth-order valence-corrected chi connectivity index (χ4v) is 2.83. The molecule has 27 heavy (non-hydrogen) atoms.